The highest BCUT2D eigenvalue weighted by atomic mass is 32.2. The summed E-state index contributed by atoms with van der Waals surface area (Å²) >= 11 is 1.03. The van der Waals surface area contributed by atoms with E-state index in [4.69, 9.17) is 0 Å². The van der Waals surface area contributed by atoms with Gasteiger partial charge in [0.1, 0.15) is 23.5 Å². The van der Waals surface area contributed by atoms with Crippen LogP contribution in [0, 0.1) is 5.82 Å². The van der Waals surface area contributed by atoms with E-state index in [0.29, 0.717) is 24.2 Å². The Kier molecular flexibility index (Phi) is 7.04. The lowest BCUT2D eigenvalue weighted by Crippen LogP contribution is -2.22. The molecule has 146 valence electrons. The third-order valence-corrected chi connectivity index (χ3v) is 4.63. The van der Waals surface area contributed by atoms with Crippen LogP contribution in [0.25, 0.3) is 0 Å². The van der Waals surface area contributed by atoms with Gasteiger partial charge in [0.25, 0.3) is 0 Å². The number of phenols is 1. The van der Waals surface area contributed by atoms with E-state index in [1.54, 1.807) is 7.05 Å². The van der Waals surface area contributed by atoms with Crippen molar-refractivity contribution in [2.75, 3.05) is 23.2 Å². The van der Waals surface area contributed by atoms with Crippen LogP contribution >= 0.6 is 12.1 Å². The van der Waals surface area contributed by atoms with Gasteiger partial charge < -0.3 is 15.2 Å². The second-order valence-corrected chi connectivity index (χ2v) is 8.04. The first-order valence-electron chi connectivity index (χ1n) is 8.53. The molecular weight excluding hydrogens is 367 g/mol. The molecule has 0 spiro atoms. The minimum atomic E-state index is -0.604. The van der Waals surface area contributed by atoms with E-state index in [-0.39, 0.29) is 23.4 Å². The van der Waals surface area contributed by atoms with Crippen molar-refractivity contribution in [1.29, 1.82) is 0 Å². The van der Waals surface area contributed by atoms with Crippen LogP contribution in [0.4, 0.5) is 15.9 Å². The van der Waals surface area contributed by atoms with Crippen LogP contribution in [0.1, 0.15) is 31.9 Å². The highest BCUT2D eigenvalue weighted by Crippen LogP contribution is 2.34. The number of hydrogen-bond donors (Lipinski definition) is 3. The Bertz CT molecular complexity index is 755. The van der Waals surface area contributed by atoms with Crippen molar-refractivity contribution >= 4 is 29.9 Å². The number of nitrogens with one attached hydrogen (secondary N) is 2. The van der Waals surface area contributed by atoms with Gasteiger partial charge in [0, 0.05) is 24.9 Å². The molecule has 0 unspecified atom stereocenters. The van der Waals surface area contributed by atoms with Gasteiger partial charge in [-0.1, -0.05) is 26.8 Å². The first kappa shape index (κ1) is 21.0. The van der Waals surface area contributed by atoms with Gasteiger partial charge in [0.2, 0.25) is 0 Å². The van der Waals surface area contributed by atoms with Crippen LogP contribution in [0.2, 0.25) is 0 Å². The van der Waals surface area contributed by atoms with Gasteiger partial charge in [0.15, 0.2) is 5.82 Å². The summed E-state index contributed by atoms with van der Waals surface area (Å²) in [7, 11) is 1.65. The number of carbonyl (C=O) groups excluding carboxylic acids is 1. The Morgan fingerprint density at radius 3 is 2.59 bits per heavy atom. The predicted molar refractivity (Wildman–Crippen MR) is 108 cm³/mol. The minimum Gasteiger partial charge on any atom is -0.506 e. The van der Waals surface area contributed by atoms with E-state index in [1.807, 2.05) is 18.3 Å². The molecule has 0 radical (unpaired) electrons. The molecule has 0 aliphatic heterocycles. The average Bonchev–Trinajstić information content (AvgIpc) is 2.59. The van der Waals surface area contributed by atoms with Crippen molar-refractivity contribution in [3.63, 3.8) is 0 Å². The van der Waals surface area contributed by atoms with E-state index in [1.165, 1.54) is 16.4 Å². The molecule has 6 nitrogen and oxygen atoms in total. The summed E-state index contributed by atoms with van der Waals surface area (Å²) in [5.74, 6) is -0.167. The van der Waals surface area contributed by atoms with Gasteiger partial charge in [0.05, 0.1) is 6.54 Å². The fraction of sp³-hybridized carbons (Fsp3) is 0.368. The van der Waals surface area contributed by atoms with Crippen LogP contribution in [0.5, 0.6) is 5.75 Å². The molecule has 0 saturated heterocycles. The zero-order valence-electron chi connectivity index (χ0n) is 15.9. The molecule has 1 aromatic carbocycles. The molecular formula is C19H25FN4O2S. The van der Waals surface area contributed by atoms with Crippen LogP contribution in [0.3, 0.4) is 0 Å². The summed E-state index contributed by atoms with van der Waals surface area (Å²) in [6, 6.07) is 6.69. The molecule has 1 aromatic heterocycles. The number of pyridine rings is 1. The fourth-order valence-electron chi connectivity index (χ4n) is 2.47. The molecule has 8 heteroatoms. The van der Waals surface area contributed by atoms with E-state index in [9.17, 15) is 14.3 Å². The Labute approximate surface area is 163 Å². The number of carbonyl (C=O) groups is 1. The van der Waals surface area contributed by atoms with Crippen LogP contribution in [-0.2, 0) is 16.8 Å². The first-order chi connectivity index (χ1) is 12.8. The smallest absolute Gasteiger partial charge is 0.151 e. The minimum absolute atomic E-state index is 0.0228. The van der Waals surface area contributed by atoms with Gasteiger partial charge in [-0.3, -0.25) is 4.31 Å². The second kappa shape index (κ2) is 9.05. The quantitative estimate of drug-likeness (QED) is 0.468. The lowest BCUT2D eigenvalue weighted by Gasteiger charge is -2.22. The molecule has 2 aromatic rings. The van der Waals surface area contributed by atoms with Crippen LogP contribution < -0.4 is 14.3 Å². The van der Waals surface area contributed by atoms with Gasteiger partial charge in [-0.05, 0) is 41.8 Å². The van der Waals surface area contributed by atoms with Crippen molar-refractivity contribution in [3.05, 3.63) is 47.4 Å². The largest absolute Gasteiger partial charge is 0.506 e. The highest BCUT2D eigenvalue weighted by Gasteiger charge is 2.18. The summed E-state index contributed by atoms with van der Waals surface area (Å²) in [5.41, 5.74) is 1.68. The third-order valence-electron chi connectivity index (χ3n) is 3.90. The maximum Gasteiger partial charge on any atom is 0.151 e. The summed E-state index contributed by atoms with van der Waals surface area (Å²) in [6.45, 7) is 6.59. The number of rotatable bonds is 8. The van der Waals surface area contributed by atoms with E-state index in [2.05, 4.69) is 35.8 Å². The molecule has 0 amide bonds. The SMILES string of the molecule is CNSN(CC=O)c1c(O)cc(CNc2ccc(C(C)(C)C)cn2)cc1F. The van der Waals surface area contributed by atoms with Gasteiger partial charge in [-0.15, -0.1) is 0 Å². The Balaban J connectivity index is 2.13. The summed E-state index contributed by atoms with van der Waals surface area (Å²) in [6.07, 6.45) is 2.46. The first-order valence-corrected chi connectivity index (χ1v) is 9.30. The lowest BCUT2D eigenvalue weighted by molar-refractivity contribution is -0.106. The Morgan fingerprint density at radius 2 is 2.07 bits per heavy atom. The number of aromatic nitrogens is 1. The number of aldehydes is 1. The molecule has 3 N–H and O–H groups in total. The average molecular weight is 393 g/mol. The zero-order chi connectivity index (χ0) is 20.0. The second-order valence-electron chi connectivity index (χ2n) is 7.00. The zero-order valence-corrected chi connectivity index (χ0v) is 16.7. The normalized spacial score (nSPS) is 11.3. The van der Waals surface area contributed by atoms with Crippen molar-refractivity contribution < 1.29 is 14.3 Å². The molecule has 0 bridgehead atoms. The van der Waals surface area contributed by atoms with Crippen LogP contribution in [-0.4, -0.2) is 30.0 Å². The van der Waals surface area contributed by atoms with E-state index in [0.717, 1.165) is 17.7 Å². The van der Waals surface area contributed by atoms with Crippen molar-refractivity contribution in [3.8, 4) is 5.75 Å². The molecule has 1 heterocycles. The summed E-state index contributed by atoms with van der Waals surface area (Å²) in [4.78, 5) is 15.2. The number of anilines is 2. The van der Waals surface area contributed by atoms with Crippen molar-refractivity contribution in [1.82, 2.24) is 9.71 Å². The van der Waals surface area contributed by atoms with E-state index >= 15 is 0 Å². The van der Waals surface area contributed by atoms with Crippen molar-refractivity contribution in [2.45, 2.75) is 32.7 Å². The molecule has 0 aliphatic carbocycles. The summed E-state index contributed by atoms with van der Waals surface area (Å²) in [5, 5.41) is 13.4. The molecule has 0 atom stereocenters. The van der Waals surface area contributed by atoms with E-state index < -0.39 is 5.82 Å². The number of phenolic OH excluding ortho intramolecular Hbond substituents is 1. The maximum absolute atomic E-state index is 14.5. The topological polar surface area (TPSA) is 77.5 Å². The van der Waals surface area contributed by atoms with Gasteiger partial charge >= 0.3 is 0 Å². The predicted octanol–water partition coefficient (Wildman–Crippen LogP) is 3.62. The highest BCUT2D eigenvalue weighted by molar-refractivity contribution is 7.98. The van der Waals surface area contributed by atoms with Crippen LogP contribution in [0.15, 0.2) is 30.5 Å². The molecule has 0 aliphatic rings. The molecule has 2 rings (SSSR count). The molecule has 0 fully saturated rings. The fourth-order valence-corrected chi connectivity index (χ4v) is 3.10. The monoisotopic (exact) mass is 392 g/mol. The number of hydrogen-bond acceptors (Lipinski definition) is 7. The Morgan fingerprint density at radius 1 is 1.33 bits per heavy atom. The number of nitrogens with zero attached hydrogens (tertiary/aromatic N) is 2. The number of aromatic hydroxyl groups is 1. The van der Waals surface area contributed by atoms with Gasteiger partial charge in [-0.2, -0.15) is 0 Å². The molecule has 0 saturated carbocycles. The Hall–Kier alpha value is -2.32. The van der Waals surface area contributed by atoms with Gasteiger partial charge in [-0.25, -0.2) is 14.1 Å². The number of halogens is 1. The standard InChI is InChI=1S/C19H25FN4O2S/c1-19(2,3)14-5-6-17(23-12-14)22-11-13-9-15(20)18(16(26)10-13)24(7-8-25)27-21-4/h5-6,8-10,12,21,26H,7,11H2,1-4H3,(H,22,23). The maximum atomic E-state index is 14.5. The number of benzene rings is 1. The lowest BCUT2D eigenvalue weighted by atomic mass is 9.88. The molecule has 27 heavy (non-hydrogen) atoms. The summed E-state index contributed by atoms with van der Waals surface area (Å²) < 4.78 is 18.6. The third kappa shape index (κ3) is 5.58. The van der Waals surface area contributed by atoms with Crippen molar-refractivity contribution in [2.24, 2.45) is 0 Å².